The van der Waals surface area contributed by atoms with Crippen LogP contribution in [0.2, 0.25) is 0 Å². The first-order chi connectivity index (χ1) is 16.2. The van der Waals surface area contributed by atoms with Gasteiger partial charge in [0.15, 0.2) is 5.69 Å². The second kappa shape index (κ2) is 8.93. The molecule has 0 saturated heterocycles. The molecule has 0 atom stereocenters. The van der Waals surface area contributed by atoms with E-state index in [2.05, 4.69) is 35.8 Å². The van der Waals surface area contributed by atoms with Crippen molar-refractivity contribution in [3.63, 3.8) is 0 Å². The van der Waals surface area contributed by atoms with Gasteiger partial charge < -0.3 is 14.7 Å². The minimum Gasteiger partial charge on any atom is -0.388 e. The van der Waals surface area contributed by atoms with Gasteiger partial charge in [0, 0.05) is 41.0 Å². The summed E-state index contributed by atoms with van der Waals surface area (Å²) in [6.45, 7) is 2.04. The molecule has 4 aromatic heterocycles. The maximum absolute atomic E-state index is 13.1. The van der Waals surface area contributed by atoms with E-state index in [0.717, 1.165) is 5.38 Å². The lowest BCUT2D eigenvalue weighted by atomic mass is 10.0. The molecule has 0 aromatic carbocycles. The number of aromatic amines is 2. The lowest BCUT2D eigenvalue weighted by Crippen LogP contribution is -2.28. The Morgan fingerprint density at radius 1 is 1.21 bits per heavy atom. The molecule has 4 heterocycles. The van der Waals surface area contributed by atoms with Gasteiger partial charge in [0.2, 0.25) is 0 Å². The van der Waals surface area contributed by atoms with Crippen molar-refractivity contribution in [1.29, 1.82) is 0 Å². The molecule has 0 unspecified atom stereocenters. The summed E-state index contributed by atoms with van der Waals surface area (Å²) in [5.74, 6) is -0.896. The summed E-state index contributed by atoms with van der Waals surface area (Å²) >= 11 is 0.709. The van der Waals surface area contributed by atoms with Crippen LogP contribution < -0.4 is 21.9 Å². The first kappa shape index (κ1) is 22.9. The Kier molecular flexibility index (Phi) is 6.02. The molecule has 34 heavy (non-hydrogen) atoms. The van der Waals surface area contributed by atoms with Crippen molar-refractivity contribution in [3.05, 3.63) is 56.5 Å². The van der Waals surface area contributed by atoms with Crippen LogP contribution in [0.3, 0.4) is 0 Å². The largest absolute Gasteiger partial charge is 0.434 e. The van der Waals surface area contributed by atoms with Gasteiger partial charge in [-0.15, -0.1) is 16.4 Å². The van der Waals surface area contributed by atoms with Crippen LogP contribution in [0.25, 0.3) is 33.2 Å². The third-order valence-corrected chi connectivity index (χ3v) is 5.26. The molecular weight excluding hydrogens is 479 g/mol. The second-order valence-corrected chi connectivity index (χ2v) is 7.54. The van der Waals surface area contributed by atoms with Gasteiger partial charge in [-0.05, 0) is 19.1 Å². The molecule has 11 nitrogen and oxygen atoms in total. The molecule has 0 radical (unpaired) electrons. The van der Waals surface area contributed by atoms with E-state index in [1.807, 2.05) is 0 Å². The van der Waals surface area contributed by atoms with Crippen LogP contribution in [0.5, 0.6) is 0 Å². The molecule has 4 rings (SSSR count). The highest BCUT2D eigenvalue weighted by Crippen LogP contribution is 2.38. The molecule has 2 amide bonds. The summed E-state index contributed by atoms with van der Waals surface area (Å²) in [5.41, 5.74) is -1.23. The van der Waals surface area contributed by atoms with Crippen LogP contribution in [0.4, 0.5) is 23.8 Å². The van der Waals surface area contributed by atoms with Gasteiger partial charge in [-0.25, -0.2) is 24.7 Å². The number of anilines is 1. The number of aromatic nitrogens is 5. The number of alkyl halides is 3. The van der Waals surface area contributed by atoms with Crippen LogP contribution >= 0.6 is 11.3 Å². The number of nitrogens with one attached hydrogen (secondary N) is 4. The summed E-state index contributed by atoms with van der Waals surface area (Å²) in [4.78, 5) is 46.0. The van der Waals surface area contributed by atoms with Crippen molar-refractivity contribution in [3.8, 4) is 33.2 Å². The SMILES string of the molecule is CCNC(=O)Nc1cc(-c2nc(C(F)(F)F)cs2)c(-c2cc(-c3n[nH]c(=O)o3)c[nH]c2=O)cn1. The number of halogens is 3. The second-order valence-electron chi connectivity index (χ2n) is 6.68. The van der Waals surface area contributed by atoms with Gasteiger partial charge >= 0.3 is 18.0 Å². The fourth-order valence-corrected chi connectivity index (χ4v) is 3.78. The van der Waals surface area contributed by atoms with Gasteiger partial charge in [-0.1, -0.05) is 0 Å². The summed E-state index contributed by atoms with van der Waals surface area (Å²) in [5, 5.41) is 11.5. The van der Waals surface area contributed by atoms with E-state index in [0.29, 0.717) is 17.9 Å². The molecule has 176 valence electrons. The Bertz CT molecular complexity index is 1470. The van der Waals surface area contributed by atoms with Crippen molar-refractivity contribution >= 4 is 23.2 Å². The number of amides is 2. The molecule has 0 aliphatic rings. The molecule has 4 N–H and O–H groups in total. The van der Waals surface area contributed by atoms with Gasteiger partial charge in [0.05, 0.1) is 5.56 Å². The third kappa shape index (κ3) is 4.73. The zero-order valence-electron chi connectivity index (χ0n) is 17.1. The summed E-state index contributed by atoms with van der Waals surface area (Å²) in [7, 11) is 0. The third-order valence-electron chi connectivity index (χ3n) is 4.39. The predicted octanol–water partition coefficient (Wildman–Crippen LogP) is 3.06. The van der Waals surface area contributed by atoms with Crippen LogP contribution in [0.15, 0.2) is 43.9 Å². The average molecular weight is 493 g/mol. The number of urea groups is 1. The number of rotatable bonds is 5. The Balaban J connectivity index is 1.87. The Morgan fingerprint density at radius 2 is 2.00 bits per heavy atom. The molecule has 4 aromatic rings. The summed E-state index contributed by atoms with van der Waals surface area (Å²) in [6, 6.07) is 2.08. The van der Waals surface area contributed by atoms with Gasteiger partial charge in [-0.3, -0.25) is 10.1 Å². The van der Waals surface area contributed by atoms with E-state index < -0.39 is 29.2 Å². The molecule has 0 saturated carbocycles. The van der Waals surface area contributed by atoms with E-state index >= 15 is 0 Å². The molecule has 15 heteroatoms. The smallest absolute Gasteiger partial charge is 0.388 e. The van der Waals surface area contributed by atoms with Crippen LogP contribution in [-0.2, 0) is 6.18 Å². The monoisotopic (exact) mass is 493 g/mol. The van der Waals surface area contributed by atoms with Crippen molar-refractivity contribution < 1.29 is 22.4 Å². The standard InChI is InChI=1S/C19H14F3N7O4S/c1-2-23-17(31)27-13-4-10(16-26-12(7-34-16)19(20,21)22)11(6-24-13)9-3-8(5-25-14(9)30)15-28-29-18(32)33-15/h3-7H,2H2,1H3,(H,25,30)(H,29,32)(H2,23,24,27,31). The van der Waals surface area contributed by atoms with E-state index in [9.17, 15) is 27.6 Å². The maximum Gasteiger partial charge on any atom is 0.434 e. The van der Waals surface area contributed by atoms with E-state index in [4.69, 9.17) is 4.42 Å². The number of thiazole rings is 1. The van der Waals surface area contributed by atoms with Crippen LogP contribution in [0, 0.1) is 0 Å². The van der Waals surface area contributed by atoms with E-state index in [-0.39, 0.29) is 39.0 Å². The number of carbonyl (C=O) groups excluding carboxylic acids is 1. The fraction of sp³-hybridized carbons (Fsp3) is 0.158. The van der Waals surface area contributed by atoms with E-state index in [1.54, 1.807) is 6.92 Å². The normalized spacial score (nSPS) is 11.4. The lowest BCUT2D eigenvalue weighted by molar-refractivity contribution is -0.140. The molecule has 0 aliphatic heterocycles. The van der Waals surface area contributed by atoms with Gasteiger partial charge in [0.25, 0.3) is 11.4 Å². The number of H-pyrrole nitrogens is 2. The molecular formula is C19H14F3N7O4S. The Labute approximate surface area is 191 Å². The minimum atomic E-state index is -4.67. The quantitative estimate of drug-likeness (QED) is 0.333. The van der Waals surface area contributed by atoms with Crippen molar-refractivity contribution in [2.24, 2.45) is 0 Å². The Morgan fingerprint density at radius 3 is 2.65 bits per heavy atom. The highest BCUT2D eigenvalue weighted by Gasteiger charge is 2.34. The predicted molar refractivity (Wildman–Crippen MR) is 115 cm³/mol. The van der Waals surface area contributed by atoms with Crippen molar-refractivity contribution in [2.75, 3.05) is 11.9 Å². The molecule has 0 bridgehead atoms. The van der Waals surface area contributed by atoms with Gasteiger partial charge in [-0.2, -0.15) is 13.2 Å². The molecule has 0 fully saturated rings. The summed E-state index contributed by atoms with van der Waals surface area (Å²) in [6.07, 6.45) is -2.19. The maximum atomic E-state index is 13.1. The number of nitrogens with zero attached hydrogens (tertiary/aromatic N) is 3. The number of carbonyl (C=O) groups is 1. The number of hydrogen-bond acceptors (Lipinski definition) is 8. The molecule has 0 aliphatic carbocycles. The number of pyridine rings is 2. The van der Waals surface area contributed by atoms with Crippen LogP contribution in [-0.4, -0.2) is 37.7 Å². The first-order valence-electron chi connectivity index (χ1n) is 9.52. The first-order valence-corrected chi connectivity index (χ1v) is 10.4. The zero-order chi connectivity index (χ0) is 24.5. The topological polar surface area (TPSA) is 159 Å². The molecule has 0 spiro atoms. The van der Waals surface area contributed by atoms with Crippen molar-refractivity contribution in [2.45, 2.75) is 13.1 Å². The highest BCUT2D eigenvalue weighted by molar-refractivity contribution is 7.13. The van der Waals surface area contributed by atoms with Gasteiger partial charge in [0.1, 0.15) is 10.8 Å². The lowest BCUT2D eigenvalue weighted by Gasteiger charge is -2.11. The fourth-order valence-electron chi connectivity index (χ4n) is 2.92. The minimum absolute atomic E-state index is 0.000956. The number of hydrogen-bond donors (Lipinski definition) is 4. The average Bonchev–Trinajstić information content (AvgIpc) is 3.44. The zero-order valence-corrected chi connectivity index (χ0v) is 17.9. The van der Waals surface area contributed by atoms with Crippen LogP contribution in [0.1, 0.15) is 12.6 Å². The summed E-state index contributed by atoms with van der Waals surface area (Å²) < 4.78 is 44.3. The van der Waals surface area contributed by atoms with Crippen molar-refractivity contribution in [1.82, 2.24) is 30.5 Å². The Hall–Kier alpha value is -4.27. The van der Waals surface area contributed by atoms with E-state index in [1.165, 1.54) is 24.5 Å². The highest BCUT2D eigenvalue weighted by atomic mass is 32.1.